The Kier molecular flexibility index (Phi) is 4.27. The molecule has 0 fully saturated rings. The summed E-state index contributed by atoms with van der Waals surface area (Å²) in [5.41, 5.74) is 0.529. The predicted octanol–water partition coefficient (Wildman–Crippen LogP) is 3.84. The van der Waals surface area contributed by atoms with E-state index in [1.165, 1.54) is 19.1 Å². The summed E-state index contributed by atoms with van der Waals surface area (Å²) < 4.78 is 18.9. The molecule has 0 N–H and O–H groups in total. The van der Waals surface area contributed by atoms with Crippen molar-refractivity contribution < 1.29 is 13.9 Å². The minimum absolute atomic E-state index is 0.148. The second-order valence-corrected chi connectivity index (χ2v) is 5.36. The zero-order valence-corrected chi connectivity index (χ0v) is 10.8. The summed E-state index contributed by atoms with van der Waals surface area (Å²) in [4.78, 5) is 11.0. The number of Topliss-reactive ketones (excluding diaryl/α,β-unsaturated/α-hetero) is 1. The molecule has 2 nitrogen and oxygen atoms in total. The van der Waals surface area contributed by atoms with Gasteiger partial charge in [-0.1, -0.05) is 20.8 Å². The molecule has 1 rings (SSSR count). The molecule has 94 valence electrons. The van der Waals surface area contributed by atoms with E-state index >= 15 is 0 Å². The summed E-state index contributed by atoms with van der Waals surface area (Å²) in [6, 6.07) is 4.31. The van der Waals surface area contributed by atoms with Gasteiger partial charge in [-0.05, 0) is 37.0 Å². The fraction of sp³-hybridized carbons (Fsp3) is 0.500. The molecular formula is C14H19FO2. The molecule has 0 aliphatic rings. The van der Waals surface area contributed by atoms with Gasteiger partial charge in [0.15, 0.2) is 17.3 Å². The van der Waals surface area contributed by atoms with E-state index in [4.69, 9.17) is 4.74 Å². The van der Waals surface area contributed by atoms with Crippen LogP contribution in [0.25, 0.3) is 0 Å². The second-order valence-electron chi connectivity index (χ2n) is 5.36. The zero-order chi connectivity index (χ0) is 13.1. The number of carbonyl (C=O) groups excluding carboxylic acids is 1. The van der Waals surface area contributed by atoms with Gasteiger partial charge in [-0.15, -0.1) is 0 Å². The van der Waals surface area contributed by atoms with Gasteiger partial charge in [0.2, 0.25) is 0 Å². The molecular weight excluding hydrogens is 219 g/mol. The summed E-state index contributed by atoms with van der Waals surface area (Å²) in [6.07, 6.45) is 0.848. The van der Waals surface area contributed by atoms with Crippen LogP contribution >= 0.6 is 0 Å². The molecule has 0 radical (unpaired) electrons. The fourth-order valence-corrected chi connectivity index (χ4v) is 1.30. The lowest BCUT2D eigenvalue weighted by Crippen LogP contribution is -2.11. The van der Waals surface area contributed by atoms with E-state index in [0.29, 0.717) is 12.2 Å². The molecule has 1 aromatic rings. The molecule has 0 aromatic heterocycles. The minimum Gasteiger partial charge on any atom is -0.490 e. The lowest BCUT2D eigenvalue weighted by Gasteiger charge is -2.18. The van der Waals surface area contributed by atoms with Gasteiger partial charge in [0.1, 0.15) is 0 Å². The Balaban J connectivity index is 2.64. The van der Waals surface area contributed by atoms with Gasteiger partial charge in [0.05, 0.1) is 6.61 Å². The highest BCUT2D eigenvalue weighted by Crippen LogP contribution is 2.22. The number of halogens is 1. The third-order valence-electron chi connectivity index (χ3n) is 2.45. The molecule has 0 bridgehead atoms. The summed E-state index contributed by atoms with van der Waals surface area (Å²) in [7, 11) is 0. The fourth-order valence-electron chi connectivity index (χ4n) is 1.30. The number of benzene rings is 1. The SMILES string of the molecule is CC(=O)c1ccc(OCCC(C)(C)C)c(F)c1. The maximum atomic E-state index is 13.6. The maximum absolute atomic E-state index is 13.6. The average Bonchev–Trinajstić information content (AvgIpc) is 2.18. The largest absolute Gasteiger partial charge is 0.490 e. The molecule has 0 saturated carbocycles. The molecule has 0 heterocycles. The van der Waals surface area contributed by atoms with Crippen LogP contribution in [0.1, 0.15) is 44.5 Å². The van der Waals surface area contributed by atoms with E-state index in [9.17, 15) is 9.18 Å². The van der Waals surface area contributed by atoms with Crippen molar-refractivity contribution >= 4 is 5.78 Å². The first-order valence-electron chi connectivity index (χ1n) is 5.73. The van der Waals surface area contributed by atoms with Gasteiger partial charge < -0.3 is 4.74 Å². The Labute approximate surface area is 102 Å². The van der Waals surface area contributed by atoms with Crippen molar-refractivity contribution in [1.29, 1.82) is 0 Å². The van der Waals surface area contributed by atoms with Crippen molar-refractivity contribution in [3.63, 3.8) is 0 Å². The molecule has 1 aromatic carbocycles. The summed E-state index contributed by atoms with van der Waals surface area (Å²) in [6.45, 7) is 8.19. The number of ether oxygens (including phenoxy) is 1. The quantitative estimate of drug-likeness (QED) is 0.745. The Morgan fingerprint density at radius 2 is 2.00 bits per heavy atom. The van der Waals surface area contributed by atoms with Gasteiger partial charge in [-0.3, -0.25) is 4.79 Å². The minimum atomic E-state index is -0.480. The van der Waals surface area contributed by atoms with Crippen molar-refractivity contribution in [2.75, 3.05) is 6.61 Å². The number of hydrogen-bond donors (Lipinski definition) is 0. The van der Waals surface area contributed by atoms with E-state index in [0.717, 1.165) is 6.42 Å². The number of rotatable bonds is 4. The Bertz CT molecular complexity index is 405. The Hall–Kier alpha value is -1.38. The monoisotopic (exact) mass is 238 g/mol. The van der Waals surface area contributed by atoms with Crippen molar-refractivity contribution in [1.82, 2.24) is 0 Å². The molecule has 3 heteroatoms. The van der Waals surface area contributed by atoms with Gasteiger partial charge in [0.25, 0.3) is 0 Å². The van der Waals surface area contributed by atoms with Crippen LogP contribution in [0.3, 0.4) is 0 Å². The van der Waals surface area contributed by atoms with E-state index in [1.807, 2.05) is 0 Å². The summed E-state index contributed by atoms with van der Waals surface area (Å²) in [5.74, 6) is -0.420. The zero-order valence-electron chi connectivity index (χ0n) is 10.8. The van der Waals surface area contributed by atoms with E-state index < -0.39 is 5.82 Å². The first-order chi connectivity index (χ1) is 7.79. The van der Waals surface area contributed by atoms with Gasteiger partial charge in [-0.2, -0.15) is 0 Å². The first-order valence-corrected chi connectivity index (χ1v) is 5.73. The highest BCUT2D eigenvalue weighted by Gasteiger charge is 2.12. The normalized spacial score (nSPS) is 11.4. The third kappa shape index (κ3) is 4.55. The van der Waals surface area contributed by atoms with Crippen molar-refractivity contribution in [2.24, 2.45) is 5.41 Å². The molecule has 0 saturated heterocycles. The van der Waals surface area contributed by atoms with Crippen LogP contribution in [-0.4, -0.2) is 12.4 Å². The Morgan fingerprint density at radius 3 is 2.47 bits per heavy atom. The van der Waals surface area contributed by atoms with Crippen LogP contribution in [0.2, 0.25) is 0 Å². The number of carbonyl (C=O) groups is 1. The highest BCUT2D eigenvalue weighted by molar-refractivity contribution is 5.94. The van der Waals surface area contributed by atoms with Crippen LogP contribution in [0, 0.1) is 11.2 Å². The third-order valence-corrected chi connectivity index (χ3v) is 2.45. The average molecular weight is 238 g/mol. The summed E-state index contributed by atoms with van der Waals surface area (Å²) in [5, 5.41) is 0. The highest BCUT2D eigenvalue weighted by atomic mass is 19.1. The van der Waals surface area contributed by atoms with Crippen molar-refractivity contribution in [3.8, 4) is 5.75 Å². The van der Waals surface area contributed by atoms with Crippen LogP contribution in [0.4, 0.5) is 4.39 Å². The molecule has 0 aliphatic heterocycles. The van der Waals surface area contributed by atoms with Gasteiger partial charge in [0, 0.05) is 5.56 Å². The Morgan fingerprint density at radius 1 is 1.35 bits per heavy atom. The molecule has 0 atom stereocenters. The van der Waals surface area contributed by atoms with E-state index in [-0.39, 0.29) is 16.9 Å². The van der Waals surface area contributed by atoms with Crippen LogP contribution in [-0.2, 0) is 0 Å². The topological polar surface area (TPSA) is 26.3 Å². The molecule has 0 aliphatic carbocycles. The predicted molar refractivity (Wildman–Crippen MR) is 66.0 cm³/mol. The standard InChI is InChI=1S/C14H19FO2/c1-10(16)11-5-6-13(12(15)9-11)17-8-7-14(2,3)4/h5-6,9H,7-8H2,1-4H3. The first kappa shape index (κ1) is 13.7. The van der Waals surface area contributed by atoms with Crippen LogP contribution in [0.15, 0.2) is 18.2 Å². The molecule has 0 unspecified atom stereocenters. The lowest BCUT2D eigenvalue weighted by molar-refractivity contribution is 0.101. The van der Waals surface area contributed by atoms with Gasteiger partial charge in [-0.25, -0.2) is 4.39 Å². The van der Waals surface area contributed by atoms with E-state index in [2.05, 4.69) is 20.8 Å². The van der Waals surface area contributed by atoms with E-state index in [1.54, 1.807) is 6.07 Å². The van der Waals surface area contributed by atoms with Crippen molar-refractivity contribution in [2.45, 2.75) is 34.1 Å². The number of ketones is 1. The summed E-state index contributed by atoms with van der Waals surface area (Å²) >= 11 is 0. The van der Waals surface area contributed by atoms with Gasteiger partial charge >= 0.3 is 0 Å². The van der Waals surface area contributed by atoms with Crippen LogP contribution in [0.5, 0.6) is 5.75 Å². The number of hydrogen-bond acceptors (Lipinski definition) is 2. The molecule has 17 heavy (non-hydrogen) atoms. The second kappa shape index (κ2) is 5.30. The van der Waals surface area contributed by atoms with Crippen molar-refractivity contribution in [3.05, 3.63) is 29.6 Å². The molecule has 0 spiro atoms. The maximum Gasteiger partial charge on any atom is 0.165 e. The van der Waals surface area contributed by atoms with Crippen LogP contribution < -0.4 is 4.74 Å². The molecule has 0 amide bonds. The lowest BCUT2D eigenvalue weighted by atomic mass is 9.93. The smallest absolute Gasteiger partial charge is 0.165 e.